The molecule has 0 spiro atoms. The van der Waals surface area contributed by atoms with Crippen molar-refractivity contribution in [1.29, 1.82) is 0 Å². The van der Waals surface area contributed by atoms with Crippen molar-refractivity contribution in [1.82, 2.24) is 4.98 Å². The lowest BCUT2D eigenvalue weighted by Crippen LogP contribution is -2.03. The number of nitrogens with two attached hydrogens (primary N) is 1. The SMILES string of the molecule is Nc1cnc(NCc2cccc(CO)c2)c(Br)c1. The number of halogens is 1. The number of aliphatic hydroxyl groups is 1. The molecule has 0 atom stereocenters. The molecule has 1 aromatic carbocycles. The van der Waals surface area contributed by atoms with Crippen molar-refractivity contribution in [2.75, 3.05) is 11.1 Å². The maximum absolute atomic E-state index is 9.07. The summed E-state index contributed by atoms with van der Waals surface area (Å²) in [6.45, 7) is 0.695. The van der Waals surface area contributed by atoms with Gasteiger partial charge in [-0.15, -0.1) is 0 Å². The van der Waals surface area contributed by atoms with Crippen molar-refractivity contribution in [3.05, 3.63) is 52.1 Å². The van der Waals surface area contributed by atoms with E-state index in [2.05, 4.69) is 26.2 Å². The summed E-state index contributed by atoms with van der Waals surface area (Å²) in [7, 11) is 0. The molecule has 0 saturated carbocycles. The summed E-state index contributed by atoms with van der Waals surface area (Å²) < 4.78 is 0.834. The van der Waals surface area contributed by atoms with Crippen LogP contribution in [0.5, 0.6) is 0 Å². The van der Waals surface area contributed by atoms with Crippen molar-refractivity contribution in [2.45, 2.75) is 13.2 Å². The van der Waals surface area contributed by atoms with Crippen LogP contribution in [-0.4, -0.2) is 10.1 Å². The Balaban J connectivity index is 2.06. The lowest BCUT2D eigenvalue weighted by atomic mass is 10.1. The summed E-state index contributed by atoms with van der Waals surface area (Å²) in [4.78, 5) is 4.20. The molecule has 2 aromatic rings. The molecule has 0 fully saturated rings. The molecule has 0 aliphatic heterocycles. The van der Waals surface area contributed by atoms with Crippen LogP contribution in [0.25, 0.3) is 0 Å². The quantitative estimate of drug-likeness (QED) is 0.812. The minimum atomic E-state index is 0.0532. The van der Waals surface area contributed by atoms with Crippen LogP contribution in [0.15, 0.2) is 41.0 Å². The van der Waals surface area contributed by atoms with Gasteiger partial charge >= 0.3 is 0 Å². The number of aliphatic hydroxyl groups excluding tert-OH is 1. The zero-order valence-corrected chi connectivity index (χ0v) is 11.3. The number of rotatable bonds is 4. The first-order chi connectivity index (χ1) is 8.69. The van der Waals surface area contributed by atoms with Crippen molar-refractivity contribution in [3.63, 3.8) is 0 Å². The molecule has 1 aromatic heterocycles. The summed E-state index contributed by atoms with van der Waals surface area (Å²) in [6, 6.07) is 9.57. The first-order valence-corrected chi connectivity index (χ1v) is 6.32. The van der Waals surface area contributed by atoms with E-state index < -0.39 is 0 Å². The number of hydrogen-bond acceptors (Lipinski definition) is 4. The van der Waals surface area contributed by atoms with Crippen LogP contribution in [-0.2, 0) is 13.2 Å². The van der Waals surface area contributed by atoms with Gasteiger partial charge in [0, 0.05) is 6.54 Å². The summed E-state index contributed by atoms with van der Waals surface area (Å²) in [5.74, 6) is 0.749. The van der Waals surface area contributed by atoms with E-state index >= 15 is 0 Å². The number of hydrogen-bond donors (Lipinski definition) is 3. The predicted octanol–water partition coefficient (Wildman–Crippen LogP) is 2.53. The summed E-state index contributed by atoms with van der Waals surface area (Å²) in [5, 5.41) is 12.3. The third kappa shape index (κ3) is 3.21. The predicted molar refractivity (Wildman–Crippen MR) is 76.0 cm³/mol. The number of nitrogen functional groups attached to an aromatic ring is 1. The Morgan fingerprint density at radius 1 is 1.28 bits per heavy atom. The van der Waals surface area contributed by atoms with Gasteiger partial charge in [0.05, 0.1) is 23.0 Å². The Morgan fingerprint density at radius 2 is 2.06 bits per heavy atom. The molecule has 94 valence electrons. The Labute approximate surface area is 114 Å². The van der Waals surface area contributed by atoms with E-state index in [1.54, 1.807) is 12.3 Å². The third-order valence-corrected chi connectivity index (χ3v) is 3.10. The Morgan fingerprint density at radius 3 is 2.78 bits per heavy atom. The fraction of sp³-hybridized carbons (Fsp3) is 0.154. The molecule has 2 rings (SSSR count). The highest BCUT2D eigenvalue weighted by Gasteiger charge is 2.02. The molecule has 5 heteroatoms. The standard InChI is InChI=1S/C13H14BrN3O/c14-12-5-11(15)7-17-13(12)16-6-9-2-1-3-10(4-9)8-18/h1-5,7,18H,6,8,15H2,(H,16,17). The van der Waals surface area contributed by atoms with E-state index in [9.17, 15) is 0 Å². The van der Waals surface area contributed by atoms with Crippen molar-refractivity contribution < 1.29 is 5.11 Å². The monoisotopic (exact) mass is 307 g/mol. The highest BCUT2D eigenvalue weighted by molar-refractivity contribution is 9.10. The number of nitrogens with zero attached hydrogens (tertiary/aromatic N) is 1. The van der Waals surface area contributed by atoms with Crippen LogP contribution in [0.4, 0.5) is 11.5 Å². The summed E-state index contributed by atoms with van der Waals surface area (Å²) in [6.07, 6.45) is 1.61. The molecule has 0 aliphatic carbocycles. The van der Waals surface area contributed by atoms with Gasteiger partial charge in [-0.3, -0.25) is 0 Å². The molecule has 1 heterocycles. The van der Waals surface area contributed by atoms with E-state index in [0.29, 0.717) is 12.2 Å². The van der Waals surface area contributed by atoms with Crippen LogP contribution in [0.1, 0.15) is 11.1 Å². The lowest BCUT2D eigenvalue weighted by molar-refractivity contribution is 0.281. The van der Waals surface area contributed by atoms with Gasteiger partial charge in [-0.1, -0.05) is 24.3 Å². The van der Waals surface area contributed by atoms with Gasteiger partial charge in [0.2, 0.25) is 0 Å². The maximum Gasteiger partial charge on any atom is 0.140 e. The molecular weight excluding hydrogens is 294 g/mol. The van der Waals surface area contributed by atoms with Crippen LogP contribution in [0, 0.1) is 0 Å². The van der Waals surface area contributed by atoms with Crippen molar-refractivity contribution >= 4 is 27.4 Å². The normalized spacial score (nSPS) is 10.3. The number of benzene rings is 1. The van der Waals surface area contributed by atoms with E-state index in [0.717, 1.165) is 21.4 Å². The van der Waals surface area contributed by atoms with Gasteiger partial charge in [0.15, 0.2) is 0 Å². The van der Waals surface area contributed by atoms with Gasteiger partial charge in [-0.2, -0.15) is 0 Å². The fourth-order valence-corrected chi connectivity index (χ4v) is 2.11. The van der Waals surface area contributed by atoms with E-state index in [4.69, 9.17) is 10.8 Å². The van der Waals surface area contributed by atoms with Crippen LogP contribution < -0.4 is 11.1 Å². The number of anilines is 2. The molecule has 0 radical (unpaired) electrons. The topological polar surface area (TPSA) is 71.2 Å². The van der Waals surface area contributed by atoms with Gasteiger partial charge in [-0.25, -0.2) is 4.98 Å². The first-order valence-electron chi connectivity index (χ1n) is 5.52. The van der Waals surface area contributed by atoms with Crippen molar-refractivity contribution in [3.8, 4) is 0 Å². The highest BCUT2D eigenvalue weighted by Crippen LogP contribution is 2.22. The maximum atomic E-state index is 9.07. The second-order valence-corrected chi connectivity index (χ2v) is 4.79. The van der Waals surface area contributed by atoms with E-state index in [1.807, 2.05) is 24.3 Å². The fourth-order valence-electron chi connectivity index (χ4n) is 1.61. The number of pyridine rings is 1. The summed E-state index contributed by atoms with van der Waals surface area (Å²) >= 11 is 3.40. The summed E-state index contributed by atoms with van der Waals surface area (Å²) in [5.41, 5.74) is 8.24. The molecule has 0 bridgehead atoms. The molecule has 0 unspecified atom stereocenters. The van der Waals surface area contributed by atoms with Crippen LogP contribution in [0.2, 0.25) is 0 Å². The second kappa shape index (κ2) is 5.84. The average Bonchev–Trinajstić information content (AvgIpc) is 2.38. The minimum Gasteiger partial charge on any atom is -0.397 e. The largest absolute Gasteiger partial charge is 0.397 e. The van der Waals surface area contributed by atoms with Gasteiger partial charge in [0.25, 0.3) is 0 Å². The molecule has 18 heavy (non-hydrogen) atoms. The zero-order chi connectivity index (χ0) is 13.0. The first kappa shape index (κ1) is 12.9. The smallest absolute Gasteiger partial charge is 0.140 e. The molecule has 4 nitrogen and oxygen atoms in total. The Bertz CT molecular complexity index is 546. The van der Waals surface area contributed by atoms with Gasteiger partial charge < -0.3 is 16.2 Å². The average molecular weight is 308 g/mol. The van der Waals surface area contributed by atoms with Crippen LogP contribution in [0.3, 0.4) is 0 Å². The molecular formula is C13H14BrN3O. The van der Waals surface area contributed by atoms with Gasteiger partial charge in [-0.05, 0) is 33.1 Å². The van der Waals surface area contributed by atoms with E-state index in [1.165, 1.54) is 0 Å². The number of nitrogens with one attached hydrogen (secondary N) is 1. The molecule has 0 saturated heterocycles. The van der Waals surface area contributed by atoms with E-state index in [-0.39, 0.29) is 6.61 Å². The zero-order valence-electron chi connectivity index (χ0n) is 9.73. The number of aromatic nitrogens is 1. The van der Waals surface area contributed by atoms with Gasteiger partial charge in [0.1, 0.15) is 5.82 Å². The Kier molecular flexibility index (Phi) is 4.17. The lowest BCUT2D eigenvalue weighted by Gasteiger charge is -2.08. The molecule has 0 aliphatic rings. The second-order valence-electron chi connectivity index (χ2n) is 3.93. The third-order valence-electron chi connectivity index (χ3n) is 2.50. The van der Waals surface area contributed by atoms with Crippen molar-refractivity contribution in [2.24, 2.45) is 0 Å². The minimum absolute atomic E-state index is 0.0532. The van der Waals surface area contributed by atoms with Crippen LogP contribution >= 0.6 is 15.9 Å². The highest BCUT2D eigenvalue weighted by atomic mass is 79.9. The molecule has 4 N–H and O–H groups in total. The molecule has 0 amide bonds. The Hall–Kier alpha value is -1.59.